The second-order valence-electron chi connectivity index (χ2n) is 6.35. The van der Waals surface area contributed by atoms with E-state index in [1.54, 1.807) is 28.4 Å². The van der Waals surface area contributed by atoms with E-state index in [0.717, 1.165) is 39.3 Å². The zero-order valence-corrected chi connectivity index (χ0v) is 17.1. The second kappa shape index (κ2) is 9.34. The van der Waals surface area contributed by atoms with Crippen molar-refractivity contribution in [2.75, 3.05) is 35.0 Å². The van der Waals surface area contributed by atoms with Gasteiger partial charge in [0, 0.05) is 23.3 Å². The van der Waals surface area contributed by atoms with Crippen LogP contribution in [0.15, 0.2) is 48.5 Å². The first kappa shape index (κ1) is 20.6. The number of hydrogen-bond acceptors (Lipinski definition) is 5. The maximum absolute atomic E-state index is 9.53. The molecule has 0 amide bonds. The van der Waals surface area contributed by atoms with E-state index >= 15 is 0 Å². The molecular formula is C24H25O5. The van der Waals surface area contributed by atoms with Crippen LogP contribution in [0.4, 0.5) is 0 Å². The molecule has 0 bridgehead atoms. The first-order valence-electron chi connectivity index (χ1n) is 9.26. The summed E-state index contributed by atoms with van der Waals surface area (Å²) in [6.45, 7) is -0.0139. The summed E-state index contributed by atoms with van der Waals surface area (Å²) in [7, 11) is 6.49. The molecule has 1 radical (unpaired) electrons. The van der Waals surface area contributed by atoms with Gasteiger partial charge in [-0.3, -0.25) is 0 Å². The van der Waals surface area contributed by atoms with Crippen molar-refractivity contribution in [3.05, 3.63) is 60.2 Å². The number of ether oxygens (including phenoxy) is 4. The van der Waals surface area contributed by atoms with Crippen LogP contribution in [0.5, 0.6) is 23.0 Å². The van der Waals surface area contributed by atoms with Gasteiger partial charge in [0.25, 0.3) is 0 Å². The van der Waals surface area contributed by atoms with E-state index in [1.807, 2.05) is 48.5 Å². The van der Waals surface area contributed by atoms with Crippen LogP contribution >= 0.6 is 0 Å². The molecule has 151 valence electrons. The SMILES string of the molecule is COc1ccc(-c2[c]c(CCO)c(OC)c(OC)c2-c2ccc(OC)cc2)cc1. The average molecular weight is 393 g/mol. The molecular weight excluding hydrogens is 368 g/mol. The Morgan fingerprint density at radius 1 is 0.690 bits per heavy atom. The molecule has 0 spiro atoms. The van der Waals surface area contributed by atoms with Crippen LogP contribution in [-0.2, 0) is 6.42 Å². The maximum Gasteiger partial charge on any atom is 0.169 e. The summed E-state index contributed by atoms with van der Waals surface area (Å²) in [5.74, 6) is 2.72. The molecule has 0 aliphatic rings. The Kier molecular flexibility index (Phi) is 6.62. The van der Waals surface area contributed by atoms with Crippen LogP contribution in [0.1, 0.15) is 5.56 Å². The summed E-state index contributed by atoms with van der Waals surface area (Å²) < 4.78 is 22.0. The van der Waals surface area contributed by atoms with Crippen molar-refractivity contribution in [1.82, 2.24) is 0 Å². The van der Waals surface area contributed by atoms with Crippen molar-refractivity contribution in [2.24, 2.45) is 0 Å². The molecule has 0 fully saturated rings. The van der Waals surface area contributed by atoms with Gasteiger partial charge in [-0.05, 0) is 47.9 Å². The highest BCUT2D eigenvalue weighted by Gasteiger charge is 2.22. The number of methoxy groups -OCH3 is 4. The molecule has 0 heterocycles. The lowest BCUT2D eigenvalue weighted by atomic mass is 9.90. The van der Waals surface area contributed by atoms with Gasteiger partial charge in [-0.25, -0.2) is 0 Å². The number of aliphatic hydroxyl groups excluding tert-OH is 1. The number of benzene rings is 3. The summed E-state index contributed by atoms with van der Waals surface area (Å²) in [5, 5.41) is 9.53. The molecule has 0 aliphatic carbocycles. The third kappa shape index (κ3) is 4.15. The number of rotatable bonds is 8. The lowest BCUT2D eigenvalue weighted by molar-refractivity contribution is 0.294. The molecule has 5 heteroatoms. The van der Waals surface area contributed by atoms with E-state index in [4.69, 9.17) is 18.9 Å². The van der Waals surface area contributed by atoms with Gasteiger partial charge in [0.15, 0.2) is 11.5 Å². The van der Waals surface area contributed by atoms with E-state index < -0.39 is 0 Å². The molecule has 3 aromatic carbocycles. The van der Waals surface area contributed by atoms with Crippen LogP contribution in [0.2, 0.25) is 0 Å². The van der Waals surface area contributed by atoms with Crippen LogP contribution in [0.25, 0.3) is 22.3 Å². The quantitative estimate of drug-likeness (QED) is 0.615. The van der Waals surface area contributed by atoms with Gasteiger partial charge in [0.1, 0.15) is 11.5 Å². The topological polar surface area (TPSA) is 57.2 Å². The van der Waals surface area contributed by atoms with Crippen LogP contribution in [0, 0.1) is 6.07 Å². The van der Waals surface area contributed by atoms with Gasteiger partial charge in [0.2, 0.25) is 0 Å². The smallest absolute Gasteiger partial charge is 0.169 e. The predicted molar refractivity (Wildman–Crippen MR) is 113 cm³/mol. The third-order valence-electron chi connectivity index (χ3n) is 4.76. The standard InChI is InChI=1S/C24H25O5/c1-26-19-9-5-16(6-10-19)21-15-18(13-14-25)23(28-3)24(29-4)22(21)17-7-11-20(27-2)12-8-17/h5-12,25H,13-14H2,1-4H3. The Balaban J connectivity index is 2.31. The molecule has 0 unspecified atom stereocenters. The first-order chi connectivity index (χ1) is 14.2. The minimum absolute atomic E-state index is 0.0139. The van der Waals surface area contributed by atoms with Gasteiger partial charge in [-0.15, -0.1) is 0 Å². The molecule has 0 saturated carbocycles. The lowest BCUT2D eigenvalue weighted by Gasteiger charge is -2.21. The highest BCUT2D eigenvalue weighted by molar-refractivity contribution is 5.90. The normalized spacial score (nSPS) is 10.5. The fourth-order valence-electron chi connectivity index (χ4n) is 3.34. The Morgan fingerprint density at radius 3 is 1.66 bits per heavy atom. The average Bonchev–Trinajstić information content (AvgIpc) is 2.78. The van der Waals surface area contributed by atoms with E-state index in [9.17, 15) is 5.11 Å². The van der Waals surface area contributed by atoms with Gasteiger partial charge < -0.3 is 24.1 Å². The monoisotopic (exact) mass is 393 g/mol. The van der Waals surface area contributed by atoms with E-state index in [-0.39, 0.29) is 6.61 Å². The molecule has 0 aliphatic heterocycles. The van der Waals surface area contributed by atoms with E-state index in [1.165, 1.54) is 0 Å². The fourth-order valence-corrected chi connectivity index (χ4v) is 3.34. The van der Waals surface area contributed by atoms with Crippen molar-refractivity contribution < 1.29 is 24.1 Å². The Labute approximate surface area is 171 Å². The predicted octanol–water partition coefficient (Wildman–Crippen LogP) is 4.39. The Bertz CT molecular complexity index is 947. The summed E-state index contributed by atoms with van der Waals surface area (Å²) in [5.41, 5.74) is 4.38. The van der Waals surface area contributed by atoms with Crippen LogP contribution in [0.3, 0.4) is 0 Å². The van der Waals surface area contributed by atoms with Gasteiger partial charge in [-0.1, -0.05) is 24.3 Å². The minimum atomic E-state index is -0.0139. The maximum atomic E-state index is 9.53. The molecule has 3 rings (SSSR count). The molecule has 0 aromatic heterocycles. The summed E-state index contributed by atoms with van der Waals surface area (Å²) in [6.07, 6.45) is 0.408. The van der Waals surface area contributed by atoms with Crippen LogP contribution in [-0.4, -0.2) is 40.2 Å². The van der Waals surface area contributed by atoms with Gasteiger partial charge in [0.05, 0.1) is 28.4 Å². The largest absolute Gasteiger partial charge is 0.497 e. The second-order valence-corrected chi connectivity index (χ2v) is 6.35. The molecule has 5 nitrogen and oxygen atoms in total. The van der Waals surface area contributed by atoms with E-state index in [0.29, 0.717) is 17.9 Å². The summed E-state index contributed by atoms with van der Waals surface area (Å²) in [6, 6.07) is 19.0. The van der Waals surface area contributed by atoms with Crippen molar-refractivity contribution >= 4 is 0 Å². The minimum Gasteiger partial charge on any atom is -0.497 e. The Hall–Kier alpha value is -3.18. The fraction of sp³-hybridized carbons (Fsp3) is 0.250. The third-order valence-corrected chi connectivity index (χ3v) is 4.76. The van der Waals surface area contributed by atoms with E-state index in [2.05, 4.69) is 6.07 Å². The molecule has 1 N–H and O–H groups in total. The van der Waals surface area contributed by atoms with Gasteiger partial charge >= 0.3 is 0 Å². The molecule has 0 atom stereocenters. The van der Waals surface area contributed by atoms with Crippen molar-refractivity contribution in [2.45, 2.75) is 6.42 Å². The van der Waals surface area contributed by atoms with Crippen molar-refractivity contribution in [3.8, 4) is 45.3 Å². The number of aliphatic hydroxyl groups is 1. The molecule has 0 saturated heterocycles. The summed E-state index contributed by atoms with van der Waals surface area (Å²) >= 11 is 0. The first-order valence-corrected chi connectivity index (χ1v) is 9.26. The van der Waals surface area contributed by atoms with Crippen molar-refractivity contribution in [1.29, 1.82) is 0 Å². The Morgan fingerprint density at radius 2 is 1.21 bits per heavy atom. The van der Waals surface area contributed by atoms with Crippen LogP contribution < -0.4 is 18.9 Å². The summed E-state index contributed by atoms with van der Waals surface area (Å²) in [4.78, 5) is 0. The zero-order chi connectivity index (χ0) is 20.8. The zero-order valence-electron chi connectivity index (χ0n) is 17.1. The number of hydrogen-bond donors (Lipinski definition) is 1. The molecule has 3 aromatic rings. The highest BCUT2D eigenvalue weighted by Crippen LogP contribution is 2.47. The molecule has 29 heavy (non-hydrogen) atoms. The lowest BCUT2D eigenvalue weighted by Crippen LogP contribution is -2.03. The highest BCUT2D eigenvalue weighted by atomic mass is 16.5. The van der Waals surface area contributed by atoms with Gasteiger partial charge in [-0.2, -0.15) is 0 Å². The van der Waals surface area contributed by atoms with Crippen molar-refractivity contribution in [3.63, 3.8) is 0 Å².